The van der Waals surface area contributed by atoms with E-state index in [1.807, 2.05) is 25.1 Å². The predicted octanol–water partition coefficient (Wildman–Crippen LogP) is 3.72. The first kappa shape index (κ1) is 13.1. The van der Waals surface area contributed by atoms with Crippen molar-refractivity contribution < 1.29 is 8.42 Å². The van der Waals surface area contributed by atoms with Gasteiger partial charge in [-0.05, 0) is 36.2 Å². The molecule has 94 valence electrons. The fraction of sp³-hybridized carbons (Fsp3) is 0.143. The Labute approximate surface area is 112 Å². The maximum atomic E-state index is 11.8. The molecule has 0 aliphatic rings. The topological polar surface area (TPSA) is 34.1 Å². The van der Waals surface area contributed by atoms with Gasteiger partial charge in [-0.25, -0.2) is 8.42 Å². The second-order valence-electron chi connectivity index (χ2n) is 4.23. The van der Waals surface area contributed by atoms with Gasteiger partial charge in [0.15, 0.2) is 9.84 Å². The molecular weight excluding hydrogens is 268 g/mol. The van der Waals surface area contributed by atoms with Crippen molar-refractivity contribution in [3.05, 3.63) is 53.1 Å². The van der Waals surface area contributed by atoms with Gasteiger partial charge in [-0.2, -0.15) is 0 Å². The first-order valence-corrected chi connectivity index (χ1v) is 7.72. The van der Waals surface area contributed by atoms with E-state index in [0.29, 0.717) is 15.5 Å². The van der Waals surface area contributed by atoms with Crippen LogP contribution in [0.3, 0.4) is 0 Å². The summed E-state index contributed by atoms with van der Waals surface area (Å²) in [5.74, 6) is 0. The van der Waals surface area contributed by atoms with Gasteiger partial charge in [0, 0.05) is 16.8 Å². The Bertz CT molecular complexity index is 691. The molecule has 0 fully saturated rings. The molecular formula is C14H13ClO2S. The summed E-state index contributed by atoms with van der Waals surface area (Å²) in [5, 5.41) is 0.676. The SMILES string of the molecule is Cc1cc(-c2ccccc2S(C)(=O)=O)ccc1Cl. The molecule has 0 aliphatic carbocycles. The van der Waals surface area contributed by atoms with Crippen molar-refractivity contribution in [1.29, 1.82) is 0 Å². The van der Waals surface area contributed by atoms with Crippen LogP contribution in [0.15, 0.2) is 47.4 Å². The molecule has 0 unspecified atom stereocenters. The van der Waals surface area contributed by atoms with Gasteiger partial charge < -0.3 is 0 Å². The summed E-state index contributed by atoms with van der Waals surface area (Å²) in [5.41, 5.74) is 2.50. The summed E-state index contributed by atoms with van der Waals surface area (Å²) >= 11 is 5.98. The quantitative estimate of drug-likeness (QED) is 0.840. The molecule has 0 saturated carbocycles. The lowest BCUT2D eigenvalue weighted by Gasteiger charge is -2.09. The Morgan fingerprint density at radius 3 is 2.33 bits per heavy atom. The minimum atomic E-state index is -3.24. The van der Waals surface area contributed by atoms with Crippen molar-refractivity contribution in [2.75, 3.05) is 6.26 Å². The van der Waals surface area contributed by atoms with Crippen molar-refractivity contribution in [3.8, 4) is 11.1 Å². The zero-order chi connectivity index (χ0) is 13.3. The molecule has 0 aromatic heterocycles. The fourth-order valence-electron chi connectivity index (χ4n) is 1.84. The van der Waals surface area contributed by atoms with Crippen LogP contribution in [0.5, 0.6) is 0 Å². The van der Waals surface area contributed by atoms with Crippen molar-refractivity contribution in [1.82, 2.24) is 0 Å². The molecule has 0 spiro atoms. The summed E-state index contributed by atoms with van der Waals surface area (Å²) in [6, 6.07) is 12.5. The van der Waals surface area contributed by atoms with Gasteiger partial charge in [-0.1, -0.05) is 35.9 Å². The highest BCUT2D eigenvalue weighted by Gasteiger charge is 2.14. The van der Waals surface area contributed by atoms with Crippen LogP contribution >= 0.6 is 11.6 Å². The van der Waals surface area contributed by atoms with E-state index in [4.69, 9.17) is 11.6 Å². The molecule has 0 saturated heterocycles. The number of rotatable bonds is 2. The Kier molecular flexibility index (Phi) is 3.46. The normalized spacial score (nSPS) is 11.5. The Balaban J connectivity index is 2.68. The van der Waals surface area contributed by atoms with E-state index in [9.17, 15) is 8.42 Å². The van der Waals surface area contributed by atoms with E-state index >= 15 is 0 Å². The monoisotopic (exact) mass is 280 g/mol. The number of hydrogen-bond acceptors (Lipinski definition) is 2. The van der Waals surface area contributed by atoms with E-state index < -0.39 is 9.84 Å². The second-order valence-corrected chi connectivity index (χ2v) is 6.62. The zero-order valence-corrected chi connectivity index (χ0v) is 11.7. The summed E-state index contributed by atoms with van der Waals surface area (Å²) in [6.07, 6.45) is 1.22. The fourth-order valence-corrected chi connectivity index (χ4v) is 2.87. The number of sulfone groups is 1. The molecule has 2 aromatic carbocycles. The predicted molar refractivity (Wildman–Crippen MR) is 74.7 cm³/mol. The minimum Gasteiger partial charge on any atom is -0.224 e. The van der Waals surface area contributed by atoms with Crippen LogP contribution < -0.4 is 0 Å². The van der Waals surface area contributed by atoms with Gasteiger partial charge in [-0.3, -0.25) is 0 Å². The summed E-state index contributed by atoms with van der Waals surface area (Å²) in [7, 11) is -3.24. The molecule has 0 N–H and O–H groups in total. The third kappa shape index (κ3) is 2.57. The van der Waals surface area contributed by atoms with Gasteiger partial charge in [0.25, 0.3) is 0 Å². The van der Waals surface area contributed by atoms with Crippen LogP contribution in [0.25, 0.3) is 11.1 Å². The highest BCUT2D eigenvalue weighted by molar-refractivity contribution is 7.90. The summed E-state index contributed by atoms with van der Waals surface area (Å²) < 4.78 is 23.5. The zero-order valence-electron chi connectivity index (χ0n) is 10.1. The van der Waals surface area contributed by atoms with Crippen molar-refractivity contribution in [2.45, 2.75) is 11.8 Å². The third-order valence-corrected chi connectivity index (χ3v) is 4.33. The first-order chi connectivity index (χ1) is 8.39. The molecule has 0 radical (unpaired) electrons. The highest BCUT2D eigenvalue weighted by atomic mass is 35.5. The van der Waals surface area contributed by atoms with Gasteiger partial charge in [-0.15, -0.1) is 0 Å². The van der Waals surface area contributed by atoms with Crippen molar-refractivity contribution >= 4 is 21.4 Å². The Morgan fingerprint density at radius 1 is 1.06 bits per heavy atom. The highest BCUT2D eigenvalue weighted by Crippen LogP contribution is 2.29. The van der Waals surface area contributed by atoms with Gasteiger partial charge in [0.2, 0.25) is 0 Å². The van der Waals surface area contributed by atoms with Crippen molar-refractivity contribution in [2.24, 2.45) is 0 Å². The standard InChI is InChI=1S/C14H13ClO2S/c1-10-9-11(7-8-13(10)15)12-5-3-4-6-14(12)18(2,16)17/h3-9H,1-2H3. The largest absolute Gasteiger partial charge is 0.224 e. The van der Waals surface area contributed by atoms with Gasteiger partial charge in [0.1, 0.15) is 0 Å². The molecule has 0 bridgehead atoms. The lowest BCUT2D eigenvalue weighted by Crippen LogP contribution is -1.99. The minimum absolute atomic E-state index is 0.340. The van der Waals surface area contributed by atoms with E-state index in [2.05, 4.69) is 0 Å². The van der Waals surface area contributed by atoms with E-state index in [-0.39, 0.29) is 0 Å². The average Bonchev–Trinajstić information content (AvgIpc) is 2.32. The number of benzene rings is 2. The van der Waals surface area contributed by atoms with Crippen molar-refractivity contribution in [3.63, 3.8) is 0 Å². The van der Waals surface area contributed by atoms with Crippen LogP contribution in [0.2, 0.25) is 5.02 Å². The lowest BCUT2D eigenvalue weighted by molar-refractivity contribution is 0.602. The van der Waals surface area contributed by atoms with Gasteiger partial charge in [0.05, 0.1) is 4.90 Å². The number of hydrogen-bond donors (Lipinski definition) is 0. The van der Waals surface area contributed by atoms with Crippen LogP contribution in [-0.4, -0.2) is 14.7 Å². The molecule has 2 aromatic rings. The maximum Gasteiger partial charge on any atom is 0.176 e. The van der Waals surface area contributed by atoms with E-state index in [1.165, 1.54) is 6.26 Å². The average molecular weight is 281 g/mol. The molecule has 4 heteroatoms. The molecule has 0 amide bonds. The van der Waals surface area contributed by atoms with Gasteiger partial charge >= 0.3 is 0 Å². The molecule has 0 heterocycles. The lowest BCUT2D eigenvalue weighted by atomic mass is 10.0. The molecule has 0 aliphatic heterocycles. The Morgan fingerprint density at radius 2 is 1.72 bits per heavy atom. The summed E-state index contributed by atoms with van der Waals surface area (Å²) in [6.45, 7) is 1.90. The third-order valence-electron chi connectivity index (χ3n) is 2.76. The number of halogens is 1. The number of aryl methyl sites for hydroxylation is 1. The van der Waals surface area contributed by atoms with Crippen LogP contribution in [0, 0.1) is 6.92 Å². The smallest absolute Gasteiger partial charge is 0.176 e. The molecule has 2 nitrogen and oxygen atoms in total. The molecule has 2 rings (SSSR count). The molecule has 0 atom stereocenters. The maximum absolute atomic E-state index is 11.8. The van der Waals surface area contributed by atoms with Crippen LogP contribution in [0.1, 0.15) is 5.56 Å². The summed E-state index contributed by atoms with van der Waals surface area (Å²) in [4.78, 5) is 0.340. The second kappa shape index (κ2) is 4.75. The van der Waals surface area contributed by atoms with E-state index in [0.717, 1.165) is 11.1 Å². The first-order valence-electron chi connectivity index (χ1n) is 5.45. The molecule has 18 heavy (non-hydrogen) atoms. The van der Waals surface area contributed by atoms with Crippen LogP contribution in [0.4, 0.5) is 0 Å². The Hall–Kier alpha value is -1.32. The van der Waals surface area contributed by atoms with E-state index in [1.54, 1.807) is 24.3 Å². The van der Waals surface area contributed by atoms with Crippen LogP contribution in [-0.2, 0) is 9.84 Å².